The Hall–Kier alpha value is -2.93. The lowest BCUT2D eigenvalue weighted by Gasteiger charge is -2.13. The molecule has 0 radical (unpaired) electrons. The van der Waals surface area contributed by atoms with Crippen molar-refractivity contribution in [3.05, 3.63) is 70.8 Å². The summed E-state index contributed by atoms with van der Waals surface area (Å²) < 4.78 is 6.00. The number of anilines is 2. The number of benzene rings is 2. The van der Waals surface area contributed by atoms with Crippen LogP contribution < -0.4 is 15.8 Å². The predicted molar refractivity (Wildman–Crippen MR) is 126 cm³/mol. The molecule has 4 aromatic rings. The summed E-state index contributed by atoms with van der Waals surface area (Å²) in [5.41, 5.74) is 8.45. The monoisotopic (exact) mass is 453 g/mol. The molecule has 0 bridgehead atoms. The van der Waals surface area contributed by atoms with Crippen LogP contribution in [0.25, 0.3) is 22.2 Å². The largest absolute Gasteiger partial charge is 0.477 e. The first-order valence-corrected chi connectivity index (χ1v) is 10.7. The van der Waals surface area contributed by atoms with Crippen molar-refractivity contribution in [2.75, 3.05) is 18.5 Å². The number of unbranched alkanes of at least 4 members (excludes halogenated alkanes) is 1. The van der Waals surface area contributed by atoms with Gasteiger partial charge in [0.1, 0.15) is 0 Å². The van der Waals surface area contributed by atoms with E-state index in [0.717, 1.165) is 24.1 Å². The molecule has 0 atom stereocenters. The van der Waals surface area contributed by atoms with Gasteiger partial charge in [-0.05, 0) is 49.7 Å². The summed E-state index contributed by atoms with van der Waals surface area (Å²) in [6.07, 6.45) is 3.40. The second-order valence-corrected chi connectivity index (χ2v) is 7.69. The highest BCUT2D eigenvalue weighted by atomic mass is 35.5. The van der Waals surface area contributed by atoms with Crippen molar-refractivity contribution >= 4 is 45.9 Å². The zero-order chi connectivity index (χ0) is 21.6. The van der Waals surface area contributed by atoms with Crippen molar-refractivity contribution in [3.8, 4) is 17.0 Å². The van der Waals surface area contributed by atoms with Gasteiger partial charge in [-0.15, -0.1) is 0 Å². The van der Waals surface area contributed by atoms with Crippen molar-refractivity contribution in [1.29, 1.82) is 0 Å². The summed E-state index contributed by atoms with van der Waals surface area (Å²) in [5.74, 6) is 0.849. The fourth-order valence-corrected chi connectivity index (χ4v) is 3.74. The molecule has 2 aromatic carbocycles. The maximum Gasteiger partial charge on any atom is 0.232 e. The van der Waals surface area contributed by atoms with Crippen LogP contribution in [-0.4, -0.2) is 28.1 Å². The van der Waals surface area contributed by atoms with E-state index in [2.05, 4.69) is 20.3 Å². The lowest BCUT2D eigenvalue weighted by atomic mass is 10.1. The minimum Gasteiger partial charge on any atom is -0.477 e. The molecule has 0 unspecified atom stereocenters. The number of rotatable bonds is 8. The number of nitrogens with one attached hydrogen (secondary N) is 1. The van der Waals surface area contributed by atoms with Crippen LogP contribution in [0.2, 0.25) is 10.0 Å². The highest BCUT2D eigenvalue weighted by Crippen LogP contribution is 2.36. The second kappa shape index (κ2) is 9.92. The van der Waals surface area contributed by atoms with E-state index >= 15 is 0 Å². The molecule has 8 heteroatoms. The first-order valence-electron chi connectivity index (χ1n) is 9.93. The molecule has 2 aromatic heterocycles. The molecule has 158 valence electrons. The van der Waals surface area contributed by atoms with E-state index in [4.69, 9.17) is 33.7 Å². The molecule has 0 aliphatic rings. The van der Waals surface area contributed by atoms with Gasteiger partial charge in [-0.25, -0.2) is 4.98 Å². The highest BCUT2D eigenvalue weighted by Gasteiger charge is 2.15. The molecule has 0 saturated heterocycles. The first-order chi connectivity index (χ1) is 15.2. The zero-order valence-electron chi connectivity index (χ0n) is 16.7. The number of hydrogen-bond acceptors (Lipinski definition) is 6. The third-order valence-electron chi connectivity index (χ3n) is 4.63. The maximum atomic E-state index is 6.39. The number of fused-ring (bicyclic) bond motifs is 1. The summed E-state index contributed by atoms with van der Waals surface area (Å²) in [5, 5.41) is 4.97. The van der Waals surface area contributed by atoms with Gasteiger partial charge in [0.15, 0.2) is 5.65 Å². The van der Waals surface area contributed by atoms with Gasteiger partial charge < -0.3 is 15.8 Å². The number of ether oxygens (including phenoxy) is 1. The molecule has 3 N–H and O–H groups in total. The van der Waals surface area contributed by atoms with E-state index < -0.39 is 0 Å². The van der Waals surface area contributed by atoms with Gasteiger partial charge >= 0.3 is 0 Å². The zero-order valence-corrected chi connectivity index (χ0v) is 18.2. The number of halogens is 2. The van der Waals surface area contributed by atoms with Crippen molar-refractivity contribution in [1.82, 2.24) is 15.0 Å². The Morgan fingerprint density at radius 2 is 1.71 bits per heavy atom. The van der Waals surface area contributed by atoms with Crippen LogP contribution >= 0.6 is 23.2 Å². The van der Waals surface area contributed by atoms with Crippen molar-refractivity contribution < 1.29 is 4.74 Å². The average Bonchev–Trinajstić information content (AvgIpc) is 2.77. The van der Waals surface area contributed by atoms with Crippen LogP contribution in [0.5, 0.6) is 5.88 Å². The molecule has 4 rings (SSSR count). The molecule has 6 nitrogen and oxygen atoms in total. The normalized spacial score (nSPS) is 10.9. The van der Waals surface area contributed by atoms with Crippen LogP contribution in [0.15, 0.2) is 60.8 Å². The third kappa shape index (κ3) is 5.05. The van der Waals surface area contributed by atoms with Gasteiger partial charge in [0.05, 0.1) is 12.0 Å². The molecule has 0 amide bonds. The SMILES string of the molecule is NCCCCOc1nc(Nc2ccccc2)nc2ncc(-c3c(Cl)cccc3Cl)cc12. The lowest BCUT2D eigenvalue weighted by Crippen LogP contribution is -2.07. The third-order valence-corrected chi connectivity index (χ3v) is 5.26. The van der Waals surface area contributed by atoms with Gasteiger partial charge in [0, 0.05) is 33.1 Å². The minimum atomic E-state index is 0.406. The molecule has 0 spiro atoms. The molecular weight excluding hydrogens is 433 g/mol. The maximum absolute atomic E-state index is 6.39. The van der Waals surface area contributed by atoms with Crippen LogP contribution in [0.1, 0.15) is 12.8 Å². The molecule has 2 heterocycles. The number of hydrogen-bond donors (Lipinski definition) is 2. The number of para-hydroxylation sites is 1. The first kappa shape index (κ1) is 21.3. The van der Waals surface area contributed by atoms with Crippen LogP contribution in [0, 0.1) is 0 Å². The van der Waals surface area contributed by atoms with E-state index in [1.807, 2.05) is 36.4 Å². The standard InChI is InChI=1S/C23H21Cl2N5O/c24-18-9-6-10-19(25)20(18)15-13-17-21(27-14-15)29-23(28-16-7-2-1-3-8-16)30-22(17)31-12-5-4-11-26/h1-3,6-10,13-14H,4-5,11-12,26H2,(H,27,28,29,30). The Morgan fingerprint density at radius 3 is 2.45 bits per heavy atom. The number of aromatic nitrogens is 3. The number of nitrogens with two attached hydrogens (primary N) is 1. The molecule has 0 saturated carbocycles. The topological polar surface area (TPSA) is 86.0 Å². The van der Waals surface area contributed by atoms with Crippen LogP contribution in [0.4, 0.5) is 11.6 Å². The lowest BCUT2D eigenvalue weighted by molar-refractivity contribution is 0.300. The molecule has 0 aliphatic carbocycles. The van der Waals surface area contributed by atoms with Crippen LogP contribution in [-0.2, 0) is 0 Å². The Labute approximate surface area is 190 Å². The second-order valence-electron chi connectivity index (χ2n) is 6.88. The van der Waals surface area contributed by atoms with Gasteiger partial charge in [-0.1, -0.05) is 47.5 Å². The van der Waals surface area contributed by atoms with Crippen molar-refractivity contribution in [3.63, 3.8) is 0 Å². The quantitative estimate of drug-likeness (QED) is 0.325. The van der Waals surface area contributed by atoms with E-state index in [-0.39, 0.29) is 0 Å². The van der Waals surface area contributed by atoms with E-state index in [9.17, 15) is 0 Å². The molecule has 31 heavy (non-hydrogen) atoms. The summed E-state index contributed by atoms with van der Waals surface area (Å²) in [6, 6.07) is 17.0. The van der Waals surface area contributed by atoms with Crippen molar-refractivity contribution in [2.24, 2.45) is 5.73 Å². The fraction of sp³-hybridized carbons (Fsp3) is 0.174. The Kier molecular flexibility index (Phi) is 6.82. The molecule has 0 fully saturated rings. The minimum absolute atomic E-state index is 0.406. The average molecular weight is 454 g/mol. The summed E-state index contributed by atoms with van der Waals surface area (Å²) in [6.45, 7) is 1.11. The van der Waals surface area contributed by atoms with Gasteiger partial charge in [0.2, 0.25) is 11.8 Å². The Bertz CT molecular complexity index is 1170. The number of nitrogens with zero attached hydrogens (tertiary/aromatic N) is 3. The summed E-state index contributed by atoms with van der Waals surface area (Å²) >= 11 is 12.8. The molecular formula is C23H21Cl2N5O. The van der Waals surface area contributed by atoms with Crippen LogP contribution in [0.3, 0.4) is 0 Å². The smallest absolute Gasteiger partial charge is 0.232 e. The summed E-state index contributed by atoms with van der Waals surface area (Å²) in [4.78, 5) is 13.7. The van der Waals surface area contributed by atoms with Gasteiger partial charge in [-0.3, -0.25) is 0 Å². The highest BCUT2D eigenvalue weighted by molar-refractivity contribution is 6.39. The van der Waals surface area contributed by atoms with E-state index in [1.165, 1.54) is 0 Å². The van der Waals surface area contributed by atoms with E-state index in [0.29, 0.717) is 51.6 Å². The Morgan fingerprint density at radius 1 is 0.935 bits per heavy atom. The Balaban J connectivity index is 1.76. The predicted octanol–water partition coefficient (Wildman–Crippen LogP) is 5.86. The molecule has 0 aliphatic heterocycles. The van der Waals surface area contributed by atoms with Gasteiger partial charge in [0.25, 0.3) is 0 Å². The van der Waals surface area contributed by atoms with Crippen molar-refractivity contribution in [2.45, 2.75) is 12.8 Å². The van der Waals surface area contributed by atoms with Gasteiger partial charge in [-0.2, -0.15) is 9.97 Å². The van der Waals surface area contributed by atoms with E-state index in [1.54, 1.807) is 24.4 Å². The summed E-state index contributed by atoms with van der Waals surface area (Å²) in [7, 11) is 0. The fourth-order valence-electron chi connectivity index (χ4n) is 3.13. The number of pyridine rings is 1.